The maximum Gasteiger partial charge on any atom is 0.123 e. The zero-order valence-electron chi connectivity index (χ0n) is 8.33. The van der Waals surface area contributed by atoms with Gasteiger partial charge < -0.3 is 10.6 Å². The summed E-state index contributed by atoms with van der Waals surface area (Å²) >= 11 is 0. The molecule has 0 saturated carbocycles. The number of hydrogen-bond acceptors (Lipinski definition) is 2. The first-order valence-corrected chi connectivity index (χ1v) is 4.96. The van der Waals surface area contributed by atoms with E-state index in [9.17, 15) is 4.39 Å². The molecule has 2 N–H and O–H groups in total. The Labute approximate surface area is 83.5 Å². The number of anilines is 1. The van der Waals surface area contributed by atoms with Crippen LogP contribution in [0.1, 0.15) is 12.5 Å². The van der Waals surface area contributed by atoms with E-state index in [0.29, 0.717) is 0 Å². The molecule has 76 valence electrons. The molecular formula is C11H15FN2. The van der Waals surface area contributed by atoms with Gasteiger partial charge in [0.05, 0.1) is 0 Å². The average Bonchev–Trinajstić information content (AvgIpc) is 2.47. The normalized spacial score (nSPS) is 16.9. The summed E-state index contributed by atoms with van der Waals surface area (Å²) in [6, 6.07) is 5.14. The van der Waals surface area contributed by atoms with Crippen molar-refractivity contribution in [3.05, 3.63) is 29.6 Å². The smallest absolute Gasteiger partial charge is 0.123 e. The van der Waals surface area contributed by atoms with Crippen LogP contribution in [0.5, 0.6) is 0 Å². The van der Waals surface area contributed by atoms with Gasteiger partial charge in [0.1, 0.15) is 5.82 Å². The molecule has 0 bridgehead atoms. The monoisotopic (exact) mass is 194 g/mol. The van der Waals surface area contributed by atoms with Crippen LogP contribution < -0.4 is 10.6 Å². The van der Waals surface area contributed by atoms with Gasteiger partial charge in [-0.15, -0.1) is 0 Å². The van der Waals surface area contributed by atoms with Crippen molar-refractivity contribution >= 4 is 5.69 Å². The third-order valence-electron chi connectivity index (χ3n) is 2.54. The molecule has 1 aromatic carbocycles. The Morgan fingerprint density at radius 2 is 2.36 bits per heavy atom. The van der Waals surface area contributed by atoms with Crippen LogP contribution >= 0.6 is 0 Å². The molecule has 0 aromatic heterocycles. The second-order valence-electron chi connectivity index (χ2n) is 3.95. The van der Waals surface area contributed by atoms with Gasteiger partial charge in [-0.3, -0.25) is 0 Å². The van der Waals surface area contributed by atoms with E-state index in [2.05, 4.69) is 4.90 Å². The second-order valence-corrected chi connectivity index (χ2v) is 3.95. The van der Waals surface area contributed by atoms with E-state index in [1.54, 1.807) is 6.07 Å². The molecule has 14 heavy (non-hydrogen) atoms. The quantitative estimate of drug-likeness (QED) is 0.773. The lowest BCUT2D eigenvalue weighted by atomic mass is 10.1. The summed E-state index contributed by atoms with van der Waals surface area (Å²) in [5.74, 6) is -0.147. The van der Waals surface area contributed by atoms with Crippen molar-refractivity contribution in [1.29, 1.82) is 0 Å². The van der Waals surface area contributed by atoms with Crippen molar-refractivity contribution in [2.24, 2.45) is 5.73 Å². The van der Waals surface area contributed by atoms with Crippen molar-refractivity contribution in [3.63, 3.8) is 0 Å². The van der Waals surface area contributed by atoms with Crippen molar-refractivity contribution in [2.45, 2.75) is 19.4 Å². The van der Waals surface area contributed by atoms with Crippen LogP contribution in [-0.4, -0.2) is 19.1 Å². The largest absolute Gasteiger partial charge is 0.369 e. The molecule has 1 aliphatic rings. The van der Waals surface area contributed by atoms with E-state index in [4.69, 9.17) is 5.73 Å². The molecule has 0 unspecified atom stereocenters. The third kappa shape index (κ3) is 1.73. The highest BCUT2D eigenvalue weighted by molar-refractivity contribution is 5.58. The molecule has 1 aliphatic heterocycles. The standard InChI is InChI=1S/C11H15FN2/c1-8(13)7-14-5-4-9-6-10(12)2-3-11(9)14/h2-3,6,8H,4-5,7,13H2,1H3/t8-/m0/s1. The van der Waals surface area contributed by atoms with Gasteiger partial charge in [-0.2, -0.15) is 0 Å². The number of rotatable bonds is 2. The molecule has 0 aliphatic carbocycles. The number of nitrogens with two attached hydrogens (primary N) is 1. The fourth-order valence-corrected chi connectivity index (χ4v) is 1.98. The summed E-state index contributed by atoms with van der Waals surface area (Å²) < 4.78 is 12.9. The Bertz CT molecular complexity index is 336. The summed E-state index contributed by atoms with van der Waals surface area (Å²) in [6.07, 6.45) is 0.930. The molecule has 0 radical (unpaired) electrons. The molecule has 2 rings (SSSR count). The molecular weight excluding hydrogens is 179 g/mol. The maximum absolute atomic E-state index is 12.9. The molecule has 0 amide bonds. The minimum atomic E-state index is -0.147. The Morgan fingerprint density at radius 3 is 3.07 bits per heavy atom. The zero-order chi connectivity index (χ0) is 10.1. The molecule has 2 nitrogen and oxygen atoms in total. The SMILES string of the molecule is C[C@H](N)CN1CCc2cc(F)ccc21. The van der Waals surface area contributed by atoms with E-state index in [1.807, 2.05) is 13.0 Å². The predicted octanol–water partition coefficient (Wildman–Crippen LogP) is 1.54. The topological polar surface area (TPSA) is 29.3 Å². The molecule has 0 fully saturated rings. The number of nitrogens with zero attached hydrogens (tertiary/aromatic N) is 1. The highest BCUT2D eigenvalue weighted by Crippen LogP contribution is 2.28. The number of fused-ring (bicyclic) bond motifs is 1. The number of benzene rings is 1. The minimum Gasteiger partial charge on any atom is -0.369 e. The third-order valence-corrected chi connectivity index (χ3v) is 2.54. The van der Waals surface area contributed by atoms with Gasteiger partial charge in [0.15, 0.2) is 0 Å². The van der Waals surface area contributed by atoms with Crippen LogP contribution in [0.15, 0.2) is 18.2 Å². The maximum atomic E-state index is 12.9. The van der Waals surface area contributed by atoms with Crippen LogP contribution in [0.3, 0.4) is 0 Å². The summed E-state index contributed by atoms with van der Waals surface area (Å²) in [5, 5.41) is 0. The van der Waals surface area contributed by atoms with Crippen molar-refractivity contribution in [1.82, 2.24) is 0 Å². The van der Waals surface area contributed by atoms with E-state index in [0.717, 1.165) is 30.8 Å². The van der Waals surface area contributed by atoms with Crippen LogP contribution in [0.2, 0.25) is 0 Å². The lowest BCUT2D eigenvalue weighted by Gasteiger charge is -2.21. The first-order valence-electron chi connectivity index (χ1n) is 4.96. The highest BCUT2D eigenvalue weighted by atomic mass is 19.1. The molecule has 1 aromatic rings. The Morgan fingerprint density at radius 1 is 1.57 bits per heavy atom. The average molecular weight is 194 g/mol. The summed E-state index contributed by atoms with van der Waals surface area (Å²) in [4.78, 5) is 2.22. The Balaban J connectivity index is 2.22. The number of hydrogen-bond donors (Lipinski definition) is 1. The van der Waals surface area contributed by atoms with Crippen molar-refractivity contribution in [3.8, 4) is 0 Å². The highest BCUT2D eigenvalue weighted by Gasteiger charge is 2.19. The van der Waals surface area contributed by atoms with E-state index >= 15 is 0 Å². The van der Waals surface area contributed by atoms with Crippen LogP contribution in [-0.2, 0) is 6.42 Å². The summed E-state index contributed by atoms with van der Waals surface area (Å²) in [6.45, 7) is 3.79. The van der Waals surface area contributed by atoms with Gasteiger partial charge >= 0.3 is 0 Å². The summed E-state index contributed by atoms with van der Waals surface area (Å²) in [5.41, 5.74) is 7.99. The number of halogens is 1. The predicted molar refractivity (Wildman–Crippen MR) is 56.0 cm³/mol. The summed E-state index contributed by atoms with van der Waals surface area (Å²) in [7, 11) is 0. The van der Waals surface area contributed by atoms with Gasteiger partial charge in [-0.25, -0.2) is 4.39 Å². The molecule has 0 spiro atoms. The van der Waals surface area contributed by atoms with Crippen molar-refractivity contribution < 1.29 is 4.39 Å². The Hall–Kier alpha value is -1.09. The molecule has 1 heterocycles. The lowest BCUT2D eigenvalue weighted by Crippen LogP contribution is -2.34. The van der Waals surface area contributed by atoms with Gasteiger partial charge in [-0.1, -0.05) is 0 Å². The first kappa shape index (κ1) is 9.46. The molecule has 3 heteroatoms. The van der Waals surface area contributed by atoms with Crippen LogP contribution in [0.4, 0.5) is 10.1 Å². The van der Waals surface area contributed by atoms with E-state index in [1.165, 1.54) is 6.07 Å². The van der Waals surface area contributed by atoms with Gasteiger partial charge in [0, 0.05) is 24.8 Å². The van der Waals surface area contributed by atoms with E-state index < -0.39 is 0 Å². The minimum absolute atomic E-state index is 0.147. The lowest BCUT2D eigenvalue weighted by molar-refractivity contribution is 0.626. The van der Waals surface area contributed by atoms with Gasteiger partial charge in [-0.05, 0) is 37.1 Å². The fraction of sp³-hybridized carbons (Fsp3) is 0.455. The fourth-order valence-electron chi connectivity index (χ4n) is 1.98. The van der Waals surface area contributed by atoms with Gasteiger partial charge in [0.2, 0.25) is 0 Å². The van der Waals surface area contributed by atoms with Gasteiger partial charge in [0.25, 0.3) is 0 Å². The van der Waals surface area contributed by atoms with Crippen LogP contribution in [0, 0.1) is 5.82 Å². The molecule has 1 atom stereocenters. The van der Waals surface area contributed by atoms with Crippen molar-refractivity contribution in [2.75, 3.05) is 18.0 Å². The molecule has 0 saturated heterocycles. The van der Waals surface area contributed by atoms with Crippen LogP contribution in [0.25, 0.3) is 0 Å². The second kappa shape index (κ2) is 3.58. The Kier molecular flexibility index (Phi) is 2.42. The van der Waals surface area contributed by atoms with E-state index in [-0.39, 0.29) is 11.9 Å². The first-order chi connectivity index (χ1) is 6.66. The zero-order valence-corrected chi connectivity index (χ0v) is 8.33.